The normalized spacial score (nSPS) is 15.2. The fourth-order valence-corrected chi connectivity index (χ4v) is 3.42. The predicted octanol–water partition coefficient (Wildman–Crippen LogP) is -1.08. The molecule has 2 aromatic rings. The van der Waals surface area contributed by atoms with E-state index in [4.69, 9.17) is 10.8 Å². The van der Waals surface area contributed by atoms with Crippen molar-refractivity contribution in [3.63, 3.8) is 0 Å². The number of carbonyl (C=O) groups excluding carboxylic acids is 1. The molecule has 10 N–H and O–H groups in total. The van der Waals surface area contributed by atoms with Crippen molar-refractivity contribution < 1.29 is 30.1 Å². The number of carboxylic acid groups (broad SMARTS) is 2. The molecule has 1 aromatic heterocycles. The zero-order chi connectivity index (χ0) is 24.1. The monoisotopic (exact) mass is 477 g/mol. The van der Waals surface area contributed by atoms with Crippen LogP contribution >= 0.6 is 0 Å². The SMILES string of the molecule is CN1c2c(nc(N)[nH]c2=O)NC[C@@H]1CNc1ccc(C(=O)N[C@@H](CCC(=O)O)C(=O)O)cc1.O. The van der Waals surface area contributed by atoms with Crippen molar-refractivity contribution in [3.05, 3.63) is 40.2 Å². The van der Waals surface area contributed by atoms with Gasteiger partial charge in [-0.25, -0.2) is 4.79 Å². The van der Waals surface area contributed by atoms with Gasteiger partial charge in [-0.15, -0.1) is 0 Å². The number of aromatic nitrogens is 2. The van der Waals surface area contributed by atoms with Crippen LogP contribution in [0.4, 0.5) is 23.1 Å². The summed E-state index contributed by atoms with van der Waals surface area (Å²) < 4.78 is 0. The number of anilines is 4. The fraction of sp³-hybridized carbons (Fsp3) is 0.350. The summed E-state index contributed by atoms with van der Waals surface area (Å²) in [5.41, 5.74) is 6.59. The quantitative estimate of drug-likeness (QED) is 0.229. The van der Waals surface area contributed by atoms with E-state index in [1.54, 1.807) is 19.2 Å². The fourth-order valence-electron chi connectivity index (χ4n) is 3.42. The molecule has 34 heavy (non-hydrogen) atoms. The highest BCUT2D eigenvalue weighted by Crippen LogP contribution is 2.25. The maximum atomic E-state index is 12.3. The Bertz CT molecular complexity index is 1100. The first-order chi connectivity index (χ1) is 15.7. The predicted molar refractivity (Wildman–Crippen MR) is 124 cm³/mol. The van der Waals surface area contributed by atoms with Gasteiger partial charge in [0.2, 0.25) is 5.95 Å². The average molecular weight is 477 g/mol. The van der Waals surface area contributed by atoms with Crippen molar-refractivity contribution in [1.82, 2.24) is 15.3 Å². The molecule has 2 atom stereocenters. The summed E-state index contributed by atoms with van der Waals surface area (Å²) in [6.45, 7) is 1.01. The molecule has 0 radical (unpaired) electrons. The lowest BCUT2D eigenvalue weighted by Crippen LogP contribution is -2.48. The second kappa shape index (κ2) is 11.0. The van der Waals surface area contributed by atoms with E-state index < -0.39 is 23.9 Å². The van der Waals surface area contributed by atoms with Crippen LogP contribution in [0.25, 0.3) is 0 Å². The number of H-pyrrole nitrogens is 1. The zero-order valence-corrected chi connectivity index (χ0v) is 18.3. The van der Waals surface area contributed by atoms with Crippen LogP contribution in [0.15, 0.2) is 29.1 Å². The number of fused-ring (bicyclic) bond motifs is 1. The molecular weight excluding hydrogens is 450 g/mol. The minimum atomic E-state index is -1.30. The van der Waals surface area contributed by atoms with Crippen LogP contribution in [-0.2, 0) is 9.59 Å². The Morgan fingerprint density at radius 3 is 2.56 bits per heavy atom. The Labute approximate surface area is 193 Å². The third-order valence-corrected chi connectivity index (χ3v) is 5.26. The van der Waals surface area contributed by atoms with Crippen LogP contribution in [0.5, 0.6) is 0 Å². The van der Waals surface area contributed by atoms with E-state index in [-0.39, 0.29) is 41.4 Å². The van der Waals surface area contributed by atoms with E-state index in [0.29, 0.717) is 24.6 Å². The van der Waals surface area contributed by atoms with Crippen LogP contribution in [0.2, 0.25) is 0 Å². The van der Waals surface area contributed by atoms with Crippen molar-refractivity contribution in [2.75, 3.05) is 41.4 Å². The van der Waals surface area contributed by atoms with Crippen molar-refractivity contribution in [2.45, 2.75) is 24.9 Å². The molecule has 0 spiro atoms. The number of hydrogen-bond donors (Lipinski definition) is 7. The van der Waals surface area contributed by atoms with Crippen LogP contribution in [0.3, 0.4) is 0 Å². The van der Waals surface area contributed by atoms with Gasteiger partial charge in [0.25, 0.3) is 11.5 Å². The number of aliphatic carboxylic acids is 2. The highest BCUT2D eigenvalue weighted by atomic mass is 16.4. The lowest BCUT2D eigenvalue weighted by molar-refractivity contribution is -0.140. The summed E-state index contributed by atoms with van der Waals surface area (Å²) in [5, 5.41) is 26.6. The van der Waals surface area contributed by atoms with Gasteiger partial charge in [0.15, 0.2) is 5.82 Å². The van der Waals surface area contributed by atoms with Crippen molar-refractivity contribution in [2.24, 2.45) is 0 Å². The molecule has 14 nitrogen and oxygen atoms in total. The average Bonchev–Trinajstić information content (AvgIpc) is 2.75. The molecule has 2 heterocycles. The van der Waals surface area contributed by atoms with Gasteiger partial charge in [-0.05, 0) is 30.7 Å². The Hall–Kier alpha value is -4.33. The van der Waals surface area contributed by atoms with E-state index in [1.807, 2.05) is 4.90 Å². The maximum Gasteiger partial charge on any atom is 0.326 e. The third-order valence-electron chi connectivity index (χ3n) is 5.26. The van der Waals surface area contributed by atoms with Gasteiger partial charge in [-0.2, -0.15) is 4.98 Å². The number of carbonyl (C=O) groups is 3. The number of nitrogen functional groups attached to an aromatic ring is 1. The molecular formula is C20H27N7O7. The Kier molecular flexibility index (Phi) is 8.39. The number of nitrogens with two attached hydrogens (primary N) is 1. The van der Waals surface area contributed by atoms with E-state index in [0.717, 1.165) is 5.69 Å². The number of nitrogens with one attached hydrogen (secondary N) is 4. The molecule has 1 aliphatic heterocycles. The second-order valence-corrected chi connectivity index (χ2v) is 7.55. The molecule has 0 bridgehead atoms. The van der Waals surface area contributed by atoms with E-state index in [2.05, 4.69) is 25.9 Å². The molecule has 1 aliphatic rings. The number of carboxylic acids is 2. The largest absolute Gasteiger partial charge is 0.481 e. The number of benzene rings is 1. The maximum absolute atomic E-state index is 12.3. The Balaban J connectivity index is 0.00000408. The first-order valence-electron chi connectivity index (χ1n) is 10.1. The van der Waals surface area contributed by atoms with Gasteiger partial charge >= 0.3 is 11.9 Å². The highest BCUT2D eigenvalue weighted by molar-refractivity contribution is 5.96. The van der Waals surface area contributed by atoms with Gasteiger partial charge in [0.05, 0.1) is 6.04 Å². The van der Waals surface area contributed by atoms with Crippen LogP contribution in [0, 0.1) is 0 Å². The van der Waals surface area contributed by atoms with Crippen LogP contribution in [-0.4, -0.2) is 75.7 Å². The number of amides is 1. The van der Waals surface area contributed by atoms with Gasteiger partial charge in [-0.1, -0.05) is 0 Å². The summed E-state index contributed by atoms with van der Waals surface area (Å²) in [6.07, 6.45) is -0.586. The van der Waals surface area contributed by atoms with Crippen LogP contribution in [0.1, 0.15) is 23.2 Å². The van der Waals surface area contributed by atoms with E-state index in [9.17, 15) is 24.3 Å². The minimum Gasteiger partial charge on any atom is -0.481 e. The standard InChI is InChI=1S/C20H25N7O6.H2O/c1-27-12(9-23-16-15(27)18(31)26-20(21)25-16)8-22-11-4-2-10(3-5-11)17(30)24-13(19(32)33)6-7-14(28)29;/h2-5,12-13,22H,6-9H2,1H3,(H,24,30)(H,28,29)(H,32,33)(H4,21,23,25,26,31);1H2/t12-,13-;/m0./s1. The van der Waals surface area contributed by atoms with E-state index >= 15 is 0 Å². The molecule has 0 fully saturated rings. The third kappa shape index (κ3) is 6.13. The number of hydrogen-bond acceptors (Lipinski definition) is 9. The molecule has 0 unspecified atom stereocenters. The summed E-state index contributed by atoms with van der Waals surface area (Å²) in [7, 11) is 1.79. The smallest absolute Gasteiger partial charge is 0.326 e. The first kappa shape index (κ1) is 25.9. The van der Waals surface area contributed by atoms with Crippen molar-refractivity contribution in [1.29, 1.82) is 0 Å². The van der Waals surface area contributed by atoms with Crippen molar-refractivity contribution >= 4 is 41.0 Å². The highest BCUT2D eigenvalue weighted by Gasteiger charge is 2.27. The molecule has 1 amide bonds. The second-order valence-electron chi connectivity index (χ2n) is 7.55. The molecule has 0 saturated heterocycles. The molecule has 1 aromatic carbocycles. The number of aromatic amines is 1. The molecule has 0 aliphatic carbocycles. The Morgan fingerprint density at radius 1 is 1.26 bits per heavy atom. The van der Waals surface area contributed by atoms with Gasteiger partial charge < -0.3 is 42.3 Å². The van der Waals surface area contributed by atoms with Gasteiger partial charge in [0.1, 0.15) is 11.7 Å². The molecule has 3 rings (SSSR count). The van der Waals surface area contributed by atoms with Crippen molar-refractivity contribution in [3.8, 4) is 0 Å². The topological polar surface area (TPSA) is 234 Å². The zero-order valence-electron chi connectivity index (χ0n) is 18.3. The number of likely N-dealkylation sites (N-methyl/N-ethyl adjacent to an activating group) is 1. The minimum absolute atomic E-state index is 0. The van der Waals surface area contributed by atoms with E-state index in [1.165, 1.54) is 12.1 Å². The first-order valence-corrected chi connectivity index (χ1v) is 10.1. The van der Waals surface area contributed by atoms with Crippen LogP contribution < -0.4 is 32.1 Å². The molecule has 14 heteroatoms. The summed E-state index contributed by atoms with van der Waals surface area (Å²) in [5.74, 6) is -2.59. The number of nitrogens with zero attached hydrogens (tertiary/aromatic N) is 2. The summed E-state index contributed by atoms with van der Waals surface area (Å²) in [4.78, 5) is 54.9. The number of rotatable bonds is 9. The lowest BCUT2D eigenvalue weighted by atomic mass is 10.1. The van der Waals surface area contributed by atoms with Gasteiger partial charge in [-0.3, -0.25) is 19.4 Å². The summed E-state index contributed by atoms with van der Waals surface area (Å²) in [6, 6.07) is 5.03. The summed E-state index contributed by atoms with van der Waals surface area (Å²) >= 11 is 0. The Morgan fingerprint density at radius 2 is 1.94 bits per heavy atom. The molecule has 184 valence electrons. The lowest BCUT2D eigenvalue weighted by Gasteiger charge is -2.35. The molecule has 0 saturated carbocycles. The van der Waals surface area contributed by atoms with Gasteiger partial charge in [0, 0.05) is 37.8 Å².